The zero-order valence-electron chi connectivity index (χ0n) is 48.5. The maximum Gasteiger partial charge on any atom is 0.159 e. The van der Waals surface area contributed by atoms with E-state index in [0.717, 1.165) is 103 Å². The van der Waals surface area contributed by atoms with Crippen molar-refractivity contribution in [3.05, 3.63) is 246 Å². The minimum Gasteiger partial charge on any atom is -0.505 e. The zero-order valence-corrected chi connectivity index (χ0v) is 48.5. The van der Waals surface area contributed by atoms with Crippen molar-refractivity contribution in [3.8, 4) is 39.1 Å². The van der Waals surface area contributed by atoms with Crippen molar-refractivity contribution in [2.75, 3.05) is 9.80 Å². The van der Waals surface area contributed by atoms with Crippen LogP contribution in [0.3, 0.4) is 0 Å². The van der Waals surface area contributed by atoms with Crippen LogP contribution in [0.25, 0.3) is 87.6 Å². The second-order valence-electron chi connectivity index (χ2n) is 24.1. The molecule has 12 aromatic carbocycles. The van der Waals surface area contributed by atoms with Crippen LogP contribution in [0.15, 0.2) is 223 Å². The van der Waals surface area contributed by atoms with Gasteiger partial charge in [-0.2, -0.15) is 0 Å². The average Bonchev–Trinajstić information content (AvgIpc) is 1.17. The van der Waals surface area contributed by atoms with Gasteiger partial charge in [-0.15, -0.1) is 0 Å². The molecule has 1 heterocycles. The SMILES string of the molecule is CCc1ccc(N(c2cc(C3CCCCC3)c3ccc4c(N(c5ccc(C)cc5)c5cccc(-c6cccc(-c7ccccc7C)c6)c5O)cc(C5CCCCC5)c5ccc2c3c54)c2cccc3c2oc2c(-c4ccccc4)cccc23)cc1. The predicted molar refractivity (Wildman–Crippen MR) is 355 cm³/mol. The molecule has 0 aliphatic heterocycles. The molecule has 0 saturated heterocycles. The smallest absolute Gasteiger partial charge is 0.159 e. The van der Waals surface area contributed by atoms with Crippen molar-refractivity contribution in [2.45, 2.75) is 103 Å². The summed E-state index contributed by atoms with van der Waals surface area (Å²) in [6.45, 7) is 6.56. The number of furan rings is 1. The number of phenols is 1. The van der Waals surface area contributed by atoms with Crippen molar-refractivity contribution in [1.82, 2.24) is 0 Å². The van der Waals surface area contributed by atoms with Crippen LogP contribution >= 0.6 is 0 Å². The Labute approximate surface area is 493 Å². The molecular weight excluding hydrogens is 1020 g/mol. The fourth-order valence-electron chi connectivity index (χ4n) is 14.8. The molecule has 13 aromatic rings. The van der Waals surface area contributed by atoms with E-state index in [2.05, 4.69) is 249 Å². The van der Waals surface area contributed by atoms with E-state index in [1.54, 1.807) is 0 Å². The fourth-order valence-corrected chi connectivity index (χ4v) is 14.8. The maximum absolute atomic E-state index is 13.1. The lowest BCUT2D eigenvalue weighted by molar-refractivity contribution is 0.445. The summed E-state index contributed by atoms with van der Waals surface area (Å²) in [6, 6.07) is 80.6. The molecule has 1 N–H and O–H groups in total. The van der Waals surface area contributed by atoms with Gasteiger partial charge in [0.15, 0.2) is 5.58 Å². The highest BCUT2D eigenvalue weighted by atomic mass is 16.3. The van der Waals surface area contributed by atoms with E-state index >= 15 is 0 Å². The average molecular weight is 1090 g/mol. The molecule has 4 heteroatoms. The fraction of sp³-hybridized carbons (Fsp3) is 0.200. The summed E-state index contributed by atoms with van der Waals surface area (Å²) in [7, 11) is 0. The molecular formula is C80H70N2O2. The number of fused-ring (bicyclic) bond motifs is 3. The molecule has 0 spiro atoms. The second kappa shape index (κ2) is 21.6. The monoisotopic (exact) mass is 1090 g/mol. The number of phenolic OH excluding ortho intramolecular Hbond substituents is 1. The van der Waals surface area contributed by atoms with Gasteiger partial charge in [-0.3, -0.25) is 0 Å². The summed E-state index contributed by atoms with van der Waals surface area (Å²) >= 11 is 0. The van der Waals surface area contributed by atoms with E-state index in [1.165, 1.54) is 117 Å². The summed E-state index contributed by atoms with van der Waals surface area (Å²) in [4.78, 5) is 4.90. The lowest BCUT2D eigenvalue weighted by Gasteiger charge is -2.33. The van der Waals surface area contributed by atoms with Gasteiger partial charge in [0.2, 0.25) is 0 Å². The highest BCUT2D eigenvalue weighted by Gasteiger charge is 2.31. The Hall–Kier alpha value is -9.12. The minimum absolute atomic E-state index is 0.257. The van der Waals surface area contributed by atoms with Crippen molar-refractivity contribution in [1.29, 1.82) is 0 Å². The van der Waals surface area contributed by atoms with Crippen molar-refractivity contribution in [2.24, 2.45) is 0 Å². The molecule has 412 valence electrons. The van der Waals surface area contributed by atoms with Crippen LogP contribution in [0.4, 0.5) is 34.1 Å². The molecule has 0 radical (unpaired) electrons. The molecule has 2 aliphatic carbocycles. The Balaban J connectivity index is 1.02. The largest absolute Gasteiger partial charge is 0.505 e. The zero-order chi connectivity index (χ0) is 56.4. The maximum atomic E-state index is 13.1. The van der Waals surface area contributed by atoms with Gasteiger partial charge in [0, 0.05) is 44.0 Å². The summed E-state index contributed by atoms with van der Waals surface area (Å²) in [5, 5.41) is 23.0. The van der Waals surface area contributed by atoms with Gasteiger partial charge >= 0.3 is 0 Å². The molecule has 1 aromatic heterocycles. The van der Waals surface area contributed by atoms with Gasteiger partial charge in [0.25, 0.3) is 0 Å². The first-order valence-electron chi connectivity index (χ1n) is 30.9. The first kappa shape index (κ1) is 51.7. The summed E-state index contributed by atoms with van der Waals surface area (Å²) in [6.07, 6.45) is 13.0. The number of nitrogens with zero attached hydrogens (tertiary/aromatic N) is 2. The van der Waals surface area contributed by atoms with Crippen LogP contribution in [-0.4, -0.2) is 5.11 Å². The first-order valence-corrected chi connectivity index (χ1v) is 30.9. The topological polar surface area (TPSA) is 39.9 Å². The van der Waals surface area contributed by atoms with E-state index in [0.29, 0.717) is 11.8 Å². The molecule has 0 bridgehead atoms. The lowest BCUT2D eigenvalue weighted by Crippen LogP contribution is -2.15. The molecule has 0 unspecified atom stereocenters. The molecule has 4 nitrogen and oxygen atoms in total. The van der Waals surface area contributed by atoms with Crippen LogP contribution in [0, 0.1) is 13.8 Å². The van der Waals surface area contributed by atoms with Crippen molar-refractivity contribution < 1.29 is 9.52 Å². The third kappa shape index (κ3) is 8.88. The molecule has 2 aliphatic rings. The van der Waals surface area contributed by atoms with Gasteiger partial charge in [0.05, 0.1) is 22.7 Å². The van der Waals surface area contributed by atoms with Gasteiger partial charge in [-0.05, 0) is 178 Å². The molecule has 2 fully saturated rings. The molecule has 84 heavy (non-hydrogen) atoms. The highest BCUT2D eigenvalue weighted by Crippen LogP contribution is 2.55. The first-order chi connectivity index (χ1) is 41.4. The second-order valence-corrected chi connectivity index (χ2v) is 24.1. The Bertz CT molecular complexity index is 4580. The Morgan fingerprint density at radius 3 is 1.51 bits per heavy atom. The number of aryl methyl sites for hydroxylation is 3. The molecule has 15 rings (SSSR count). The number of aromatic hydroxyl groups is 1. The van der Waals surface area contributed by atoms with Crippen LogP contribution < -0.4 is 9.80 Å². The van der Waals surface area contributed by atoms with Crippen LogP contribution in [-0.2, 0) is 6.42 Å². The third-order valence-electron chi connectivity index (χ3n) is 19.1. The standard InChI is InChI=1S/C80H70N2O2/c1-4-53-38-42-60(43-39-53)82(73-35-19-33-67-66-32-17-31-63(79(66)84-80(67)73)54-21-8-5-9-22-54)75-50-71(56-25-12-7-13-26-56)65-44-46-68-74(49-70(55-23-10-6-11-24-55)64-45-47-69(75)77(65)76(64)68)81(59-40-36-51(2)37-41-59)72-34-18-30-62(78(72)83)58-28-16-27-57(48-58)61-29-15-14-20-52(61)3/h5,8-9,14-22,27-50,55-56,83H,4,6-7,10-13,23-26H2,1-3H3. The summed E-state index contributed by atoms with van der Waals surface area (Å²) in [5.74, 6) is 1.06. The van der Waals surface area contributed by atoms with E-state index in [9.17, 15) is 5.11 Å². The van der Waals surface area contributed by atoms with Gasteiger partial charge in [-0.25, -0.2) is 0 Å². The summed E-state index contributed by atoms with van der Waals surface area (Å²) < 4.78 is 7.34. The third-order valence-corrected chi connectivity index (χ3v) is 19.1. The number of hydrogen-bond donors (Lipinski definition) is 1. The quantitative estimate of drug-likeness (QED) is 0.124. The highest BCUT2D eigenvalue weighted by molar-refractivity contribution is 6.30. The predicted octanol–water partition coefficient (Wildman–Crippen LogP) is 23.4. The van der Waals surface area contributed by atoms with E-state index in [-0.39, 0.29) is 5.75 Å². The van der Waals surface area contributed by atoms with Gasteiger partial charge < -0.3 is 19.3 Å². The van der Waals surface area contributed by atoms with Crippen molar-refractivity contribution in [3.63, 3.8) is 0 Å². The van der Waals surface area contributed by atoms with Gasteiger partial charge in [-0.1, -0.05) is 215 Å². The van der Waals surface area contributed by atoms with E-state index in [1.807, 2.05) is 0 Å². The lowest BCUT2D eigenvalue weighted by atomic mass is 9.77. The van der Waals surface area contributed by atoms with E-state index in [4.69, 9.17) is 4.42 Å². The number of para-hydroxylation sites is 3. The van der Waals surface area contributed by atoms with Crippen LogP contribution in [0.2, 0.25) is 0 Å². The Kier molecular flexibility index (Phi) is 13.3. The molecule has 2 saturated carbocycles. The Morgan fingerprint density at radius 1 is 0.393 bits per heavy atom. The van der Waals surface area contributed by atoms with Gasteiger partial charge in [0.1, 0.15) is 11.3 Å². The number of anilines is 6. The van der Waals surface area contributed by atoms with E-state index < -0.39 is 0 Å². The number of hydrogen-bond acceptors (Lipinski definition) is 4. The number of benzene rings is 12. The van der Waals surface area contributed by atoms with Crippen LogP contribution in [0.1, 0.15) is 111 Å². The normalized spacial score (nSPS) is 14.4. The Morgan fingerprint density at radius 2 is 0.881 bits per heavy atom. The molecule has 0 amide bonds. The number of rotatable bonds is 12. The molecule has 0 atom stereocenters. The van der Waals surface area contributed by atoms with Crippen LogP contribution in [0.5, 0.6) is 5.75 Å². The van der Waals surface area contributed by atoms with Crippen molar-refractivity contribution >= 4 is 88.4 Å². The summed E-state index contributed by atoms with van der Waals surface area (Å²) in [5.41, 5.74) is 20.8. The minimum atomic E-state index is 0.257.